The van der Waals surface area contributed by atoms with Crippen LogP contribution >= 0.6 is 0 Å². The summed E-state index contributed by atoms with van der Waals surface area (Å²) >= 11 is 0. The lowest BCUT2D eigenvalue weighted by molar-refractivity contribution is -0.136. The molecule has 0 radical (unpaired) electrons. The SMILES string of the molecule is CCOc1c(OC)cccc1[C@H]1C(C(=O)OC)=C(C)NC2=C1C(=O)CCC2. The number of dihydropyridines is 1. The molecular formula is C21H25NO5. The summed E-state index contributed by atoms with van der Waals surface area (Å²) < 4.78 is 16.4. The molecule has 2 aliphatic rings. The van der Waals surface area contributed by atoms with E-state index in [9.17, 15) is 9.59 Å². The van der Waals surface area contributed by atoms with Gasteiger partial charge in [0.25, 0.3) is 0 Å². The largest absolute Gasteiger partial charge is 0.493 e. The van der Waals surface area contributed by atoms with Crippen molar-refractivity contribution in [3.05, 3.63) is 46.3 Å². The molecule has 0 amide bonds. The predicted molar refractivity (Wildman–Crippen MR) is 101 cm³/mol. The van der Waals surface area contributed by atoms with Crippen LogP contribution in [0.2, 0.25) is 0 Å². The summed E-state index contributed by atoms with van der Waals surface area (Å²) in [5.74, 6) is 0.167. The van der Waals surface area contributed by atoms with Crippen LogP contribution in [0.4, 0.5) is 0 Å². The topological polar surface area (TPSA) is 73.9 Å². The van der Waals surface area contributed by atoms with Crippen molar-refractivity contribution < 1.29 is 23.8 Å². The zero-order valence-electron chi connectivity index (χ0n) is 16.2. The Morgan fingerprint density at radius 2 is 2.04 bits per heavy atom. The molecule has 0 bridgehead atoms. The first-order valence-electron chi connectivity index (χ1n) is 9.15. The monoisotopic (exact) mass is 371 g/mol. The van der Waals surface area contributed by atoms with Gasteiger partial charge >= 0.3 is 5.97 Å². The fourth-order valence-corrected chi connectivity index (χ4v) is 3.89. The first-order valence-corrected chi connectivity index (χ1v) is 9.15. The molecule has 0 saturated carbocycles. The van der Waals surface area contributed by atoms with Crippen LogP contribution in [-0.2, 0) is 14.3 Å². The molecule has 0 spiro atoms. The van der Waals surface area contributed by atoms with E-state index in [-0.39, 0.29) is 5.78 Å². The Labute approximate surface area is 159 Å². The summed E-state index contributed by atoms with van der Waals surface area (Å²) in [5, 5.41) is 3.26. The third-order valence-electron chi connectivity index (χ3n) is 5.01. The molecule has 27 heavy (non-hydrogen) atoms. The van der Waals surface area contributed by atoms with E-state index >= 15 is 0 Å². The van der Waals surface area contributed by atoms with Crippen molar-refractivity contribution in [1.82, 2.24) is 5.32 Å². The fraction of sp³-hybridized carbons (Fsp3) is 0.429. The highest BCUT2D eigenvalue weighted by Crippen LogP contribution is 2.47. The summed E-state index contributed by atoms with van der Waals surface area (Å²) in [7, 11) is 2.92. The van der Waals surface area contributed by atoms with Gasteiger partial charge in [-0.3, -0.25) is 4.79 Å². The van der Waals surface area contributed by atoms with E-state index < -0.39 is 11.9 Å². The highest BCUT2D eigenvalue weighted by Gasteiger charge is 2.40. The van der Waals surface area contributed by atoms with Crippen LogP contribution in [0.25, 0.3) is 0 Å². The molecular weight excluding hydrogens is 346 g/mol. The second-order valence-corrected chi connectivity index (χ2v) is 6.57. The molecule has 1 heterocycles. The summed E-state index contributed by atoms with van der Waals surface area (Å²) in [6.45, 7) is 4.16. The highest BCUT2D eigenvalue weighted by molar-refractivity contribution is 6.04. The van der Waals surface area contributed by atoms with E-state index in [0.29, 0.717) is 41.4 Å². The Morgan fingerprint density at radius 1 is 1.26 bits per heavy atom. The van der Waals surface area contributed by atoms with Crippen molar-refractivity contribution in [2.45, 2.75) is 39.0 Å². The van der Waals surface area contributed by atoms with E-state index in [1.807, 2.05) is 32.0 Å². The van der Waals surface area contributed by atoms with Crippen LogP contribution in [0, 0.1) is 0 Å². The quantitative estimate of drug-likeness (QED) is 0.801. The number of Topliss-reactive ketones (excluding diaryl/α,β-unsaturated/α-hetero) is 1. The van der Waals surface area contributed by atoms with Crippen LogP contribution in [0.15, 0.2) is 40.7 Å². The summed E-state index contributed by atoms with van der Waals surface area (Å²) in [5.41, 5.74) is 3.37. The number of hydrogen-bond donors (Lipinski definition) is 1. The lowest BCUT2D eigenvalue weighted by Gasteiger charge is -2.34. The molecule has 6 heteroatoms. The molecule has 1 aromatic rings. The third-order valence-corrected chi connectivity index (χ3v) is 5.01. The summed E-state index contributed by atoms with van der Waals surface area (Å²) in [4.78, 5) is 25.5. The predicted octanol–water partition coefficient (Wildman–Crippen LogP) is 3.23. The van der Waals surface area contributed by atoms with Crippen LogP contribution in [0.1, 0.15) is 44.6 Å². The maximum absolute atomic E-state index is 12.9. The number of ketones is 1. The zero-order valence-corrected chi connectivity index (χ0v) is 16.2. The molecule has 1 aliphatic heterocycles. The summed E-state index contributed by atoms with van der Waals surface area (Å²) in [6.07, 6.45) is 2.05. The molecule has 144 valence electrons. The molecule has 1 atom stereocenters. The normalized spacial score (nSPS) is 19.4. The molecule has 3 rings (SSSR count). The minimum absolute atomic E-state index is 0.0490. The molecule has 6 nitrogen and oxygen atoms in total. The molecule has 0 fully saturated rings. The van der Waals surface area contributed by atoms with Gasteiger partial charge in [-0.25, -0.2) is 4.79 Å². The van der Waals surface area contributed by atoms with Gasteiger partial charge in [-0.05, 0) is 32.8 Å². The number of hydrogen-bond acceptors (Lipinski definition) is 6. The van der Waals surface area contributed by atoms with E-state index in [1.165, 1.54) is 7.11 Å². The maximum Gasteiger partial charge on any atom is 0.336 e. The first-order chi connectivity index (χ1) is 13.0. The van der Waals surface area contributed by atoms with Crippen molar-refractivity contribution in [2.75, 3.05) is 20.8 Å². The summed E-state index contributed by atoms with van der Waals surface area (Å²) in [6, 6.07) is 5.53. The van der Waals surface area contributed by atoms with Gasteiger partial charge in [0, 0.05) is 29.0 Å². The highest BCUT2D eigenvalue weighted by atomic mass is 16.5. The Hall–Kier alpha value is -2.76. The second kappa shape index (κ2) is 7.86. The third kappa shape index (κ3) is 3.31. The number of para-hydroxylation sites is 1. The van der Waals surface area contributed by atoms with Gasteiger partial charge in [-0.15, -0.1) is 0 Å². The minimum Gasteiger partial charge on any atom is -0.493 e. The average Bonchev–Trinajstić information content (AvgIpc) is 2.67. The van der Waals surface area contributed by atoms with Gasteiger partial charge in [0.15, 0.2) is 17.3 Å². The number of esters is 1. The average molecular weight is 371 g/mol. The van der Waals surface area contributed by atoms with Crippen LogP contribution in [0.3, 0.4) is 0 Å². The number of nitrogens with one attached hydrogen (secondary N) is 1. The maximum atomic E-state index is 12.9. The smallest absolute Gasteiger partial charge is 0.336 e. The van der Waals surface area contributed by atoms with Crippen molar-refractivity contribution in [3.8, 4) is 11.5 Å². The van der Waals surface area contributed by atoms with Crippen molar-refractivity contribution >= 4 is 11.8 Å². The van der Waals surface area contributed by atoms with Gasteiger partial charge in [0.2, 0.25) is 0 Å². The number of carbonyl (C=O) groups is 2. The van der Waals surface area contributed by atoms with E-state index in [2.05, 4.69) is 5.32 Å². The number of allylic oxidation sites excluding steroid dienone is 3. The first kappa shape index (κ1) is 19.0. The lowest BCUT2D eigenvalue weighted by Crippen LogP contribution is -2.34. The van der Waals surface area contributed by atoms with Crippen molar-refractivity contribution in [2.24, 2.45) is 0 Å². The van der Waals surface area contributed by atoms with Gasteiger partial charge < -0.3 is 19.5 Å². The van der Waals surface area contributed by atoms with Gasteiger partial charge in [0.05, 0.1) is 32.3 Å². The van der Waals surface area contributed by atoms with Crippen molar-refractivity contribution in [1.29, 1.82) is 0 Å². The Morgan fingerprint density at radius 3 is 2.70 bits per heavy atom. The van der Waals surface area contributed by atoms with Crippen molar-refractivity contribution in [3.63, 3.8) is 0 Å². The van der Waals surface area contributed by atoms with Crippen LogP contribution in [0.5, 0.6) is 11.5 Å². The molecule has 1 N–H and O–H groups in total. The standard InChI is InChI=1S/C21H25NO5/c1-5-27-20-13(8-6-11-16(20)25-3)18-17(21(24)26-4)12(2)22-14-9-7-10-15(23)19(14)18/h6,8,11,18,22H,5,7,9-10H2,1-4H3/t18-/m0/s1. The van der Waals surface area contributed by atoms with Gasteiger partial charge in [-0.1, -0.05) is 12.1 Å². The van der Waals surface area contributed by atoms with Gasteiger partial charge in [-0.2, -0.15) is 0 Å². The number of methoxy groups -OCH3 is 2. The lowest BCUT2D eigenvalue weighted by atomic mass is 9.75. The Bertz CT molecular complexity index is 837. The van der Waals surface area contributed by atoms with E-state index in [4.69, 9.17) is 14.2 Å². The number of benzene rings is 1. The minimum atomic E-state index is -0.543. The Kier molecular flexibility index (Phi) is 5.54. The van der Waals surface area contributed by atoms with E-state index in [0.717, 1.165) is 24.1 Å². The molecule has 1 aromatic carbocycles. The van der Waals surface area contributed by atoms with Gasteiger partial charge in [0.1, 0.15) is 0 Å². The number of ether oxygens (including phenoxy) is 3. The molecule has 1 aliphatic carbocycles. The van der Waals surface area contributed by atoms with Crippen LogP contribution in [-0.4, -0.2) is 32.6 Å². The number of carbonyl (C=O) groups excluding carboxylic acids is 2. The molecule has 0 saturated heterocycles. The fourth-order valence-electron chi connectivity index (χ4n) is 3.89. The molecule has 0 aromatic heterocycles. The number of rotatable bonds is 5. The second-order valence-electron chi connectivity index (χ2n) is 6.57. The Balaban J connectivity index is 2.27. The zero-order chi connectivity index (χ0) is 19.6. The van der Waals surface area contributed by atoms with E-state index in [1.54, 1.807) is 7.11 Å². The molecule has 0 unspecified atom stereocenters. The van der Waals surface area contributed by atoms with Crippen LogP contribution < -0.4 is 14.8 Å².